The van der Waals surface area contributed by atoms with E-state index in [9.17, 15) is 130 Å². The second-order valence-corrected chi connectivity index (χ2v) is 30.3. The van der Waals surface area contributed by atoms with Gasteiger partial charge in [0, 0.05) is 44.6 Å². The molecule has 117 heavy (non-hydrogen) atoms. The minimum Gasteiger partial charge on any atom is -0.508 e. The maximum Gasteiger partial charge on any atom is 0.333 e. The van der Waals surface area contributed by atoms with Crippen LogP contribution in [0.2, 0.25) is 0 Å². The summed E-state index contributed by atoms with van der Waals surface area (Å²) in [4.78, 5) is 257. The first kappa shape index (κ1) is 102. The van der Waals surface area contributed by atoms with Crippen LogP contribution in [0.3, 0.4) is 0 Å². The van der Waals surface area contributed by atoms with Gasteiger partial charge < -0.3 is 111 Å². The molecule has 1 aromatic carbocycles. The molecule has 1 saturated heterocycles. The van der Waals surface area contributed by atoms with Crippen LogP contribution in [0.1, 0.15) is 164 Å². The number of unbranched alkanes of at least 4 members (excludes halogenated alkanes) is 3. The van der Waals surface area contributed by atoms with Crippen LogP contribution in [0, 0.1) is 23.7 Å². The zero-order valence-electron chi connectivity index (χ0n) is 66.1. The van der Waals surface area contributed by atoms with Crippen molar-refractivity contribution in [3.05, 3.63) is 29.8 Å². The lowest BCUT2D eigenvalue weighted by Gasteiger charge is -2.29. The summed E-state index contributed by atoms with van der Waals surface area (Å²) >= 11 is 0. The van der Waals surface area contributed by atoms with Gasteiger partial charge in [0.15, 0.2) is 17.0 Å². The van der Waals surface area contributed by atoms with Gasteiger partial charge in [-0.05, 0) is 94.2 Å². The largest absolute Gasteiger partial charge is 0.508 e. The van der Waals surface area contributed by atoms with Crippen LogP contribution in [-0.2, 0) is 112 Å². The van der Waals surface area contributed by atoms with E-state index < -0.39 is 258 Å². The summed E-state index contributed by atoms with van der Waals surface area (Å²) in [6, 6.07) is -7.54. The van der Waals surface area contributed by atoms with Gasteiger partial charge in [-0.15, -0.1) is 5.06 Å². The molecule has 45 nitrogen and oxygen atoms in total. The van der Waals surface area contributed by atoms with Crippen molar-refractivity contribution in [2.75, 3.05) is 32.7 Å². The fourth-order valence-corrected chi connectivity index (χ4v) is 12.1. The SMILES string of the molecule is CC[C@H](C)[C@H](NC(=O)[C@@H](NC(=O)CNC(=O)[C@@H](NC(=O)CNC(=O)[C@@H](CC(=O)[C@H](CC(C)C)NC(=O)[C@H](CCCN=C(N)N)NC(=O)[C@H](CC(=O)O)NC(=O)CCCCCCC(=O)ON1C(=O)CC(S(=O)(=O)O)C1=O)CC(C)C)[C@@H](C)O)[C@@H](C)O)C(=O)N[C@@H](CCC(=O)O)C(=O)NCC(=O)N[C@@H](Cc1ccc(O)cc1)C(=O)NCC(=O)O. The van der Waals surface area contributed by atoms with Gasteiger partial charge in [0.2, 0.25) is 70.9 Å². The van der Waals surface area contributed by atoms with Gasteiger partial charge in [0.25, 0.3) is 21.9 Å². The third kappa shape index (κ3) is 39.1. The standard InChI is InChI=1S/C71H110N16O29S/c1-9-37(6)59(68(110)82-44(22-23-55(97)98)63(105)76-31-51(93)80-46(64(106)78-34-57(101)102)27-40-18-20-42(90)21-19-40)86-69(111)61(39(8)89)85-53(95)33-77-67(109)60(38(7)88)84-52(94)32-75-62(104)41(25-35(2)3)28-48(91)45(26-36(4)5)83-65(107)43(15-14-24-74-71(72)73)81-66(108)47(29-56(99)100)79-50(92)16-12-10-11-13-17-58(103)116-87-54(96)30-49(70(87)112)117(113,114)115/h18-21,35-39,41,43-47,49,59-61,88-90H,9-17,22-34H2,1-8H3,(H,75,104)(H,76,105)(H,77,109)(H,78,106)(H,79,92)(H,80,93)(H,81,108)(H,82,110)(H,83,107)(H,84,94)(H,85,95)(H,86,111)(H,97,98)(H,99,100)(H,101,102)(H4,72,73,74)(H,113,114,115)/t37-,38+,39+,41+,43-,44-,45-,46-,47-,49?,59-,60-,61-/m0/s1. The number of aliphatic hydroxyl groups is 2. The average Bonchev–Trinajstić information content (AvgIpc) is 1.60. The quantitative estimate of drug-likeness (QED) is 0.00949. The smallest absolute Gasteiger partial charge is 0.333 e. The molecule has 0 saturated carbocycles. The lowest BCUT2D eigenvalue weighted by molar-refractivity contribution is -0.197. The van der Waals surface area contributed by atoms with E-state index in [0.29, 0.717) is 5.56 Å². The van der Waals surface area contributed by atoms with Gasteiger partial charge in [-0.25, -0.2) is 4.79 Å². The Labute approximate surface area is 673 Å². The number of nitrogens with zero attached hydrogens (tertiary/aromatic N) is 2. The molecule has 1 aromatic rings. The normalized spacial score (nSPS) is 15.7. The zero-order valence-corrected chi connectivity index (χ0v) is 66.9. The summed E-state index contributed by atoms with van der Waals surface area (Å²) in [7, 11) is -4.95. The number of aliphatic hydroxyl groups excluding tert-OH is 2. The topological polar surface area (TPSA) is 721 Å². The number of carbonyl (C=O) groups excluding carboxylic acids is 16. The van der Waals surface area contributed by atoms with Crippen molar-refractivity contribution >= 4 is 128 Å². The predicted molar refractivity (Wildman–Crippen MR) is 406 cm³/mol. The molecule has 1 heterocycles. The van der Waals surface area contributed by atoms with Crippen molar-refractivity contribution in [3.63, 3.8) is 0 Å². The summed E-state index contributed by atoms with van der Waals surface area (Å²) in [6.45, 7) is 8.56. The number of ketones is 1. The summed E-state index contributed by atoms with van der Waals surface area (Å²) in [5, 5.41) is 85.0. The Kier molecular flexibility index (Phi) is 44.0. The van der Waals surface area contributed by atoms with Crippen molar-refractivity contribution in [3.8, 4) is 5.75 Å². The van der Waals surface area contributed by atoms with Gasteiger partial charge in [-0.2, -0.15) is 8.42 Å². The third-order valence-corrected chi connectivity index (χ3v) is 18.8. The Balaban J connectivity index is 2.17. The number of nitrogens with two attached hydrogens (primary N) is 2. The number of phenolic OH excluding ortho intramolecular Hbond substituents is 1. The van der Waals surface area contributed by atoms with Gasteiger partial charge in [0.1, 0.15) is 54.6 Å². The molecule has 1 aliphatic heterocycles. The number of hydrogen-bond acceptors (Lipinski definition) is 26. The number of amides is 14. The Hall–Kier alpha value is -11.6. The maximum atomic E-state index is 14.3. The highest BCUT2D eigenvalue weighted by Crippen LogP contribution is 2.23. The number of Topliss-reactive ketones (excluding diaryl/α,β-unsaturated/α-hetero) is 1. The highest BCUT2D eigenvalue weighted by Gasteiger charge is 2.48. The highest BCUT2D eigenvalue weighted by molar-refractivity contribution is 7.87. The summed E-state index contributed by atoms with van der Waals surface area (Å²) in [6.07, 6.45) is -7.19. The van der Waals surface area contributed by atoms with E-state index in [0.717, 1.165) is 13.8 Å². The van der Waals surface area contributed by atoms with E-state index >= 15 is 0 Å². The first-order chi connectivity index (χ1) is 54.6. The number of imide groups is 1. The number of carboxylic acids is 3. The molecule has 0 aromatic heterocycles. The van der Waals surface area contributed by atoms with E-state index in [4.69, 9.17) is 16.6 Å². The van der Waals surface area contributed by atoms with E-state index in [1.54, 1.807) is 34.6 Å². The number of aromatic hydroxyl groups is 1. The molecule has 0 bridgehead atoms. The van der Waals surface area contributed by atoms with E-state index in [1.165, 1.54) is 31.2 Å². The van der Waals surface area contributed by atoms with Crippen LogP contribution in [0.4, 0.5) is 0 Å². The highest BCUT2D eigenvalue weighted by atomic mass is 32.2. The fraction of sp³-hybridized carbons (Fsp3) is 0.634. The van der Waals surface area contributed by atoms with Crippen molar-refractivity contribution in [1.29, 1.82) is 0 Å². The van der Waals surface area contributed by atoms with Crippen molar-refractivity contribution < 1.29 is 140 Å². The molecule has 23 N–H and O–H groups in total. The van der Waals surface area contributed by atoms with Crippen LogP contribution in [0.5, 0.6) is 5.75 Å². The molecule has 1 unspecified atom stereocenters. The monoisotopic (exact) mass is 1680 g/mol. The summed E-state index contributed by atoms with van der Waals surface area (Å²) in [5.41, 5.74) is 11.4. The van der Waals surface area contributed by atoms with Gasteiger partial charge >= 0.3 is 23.9 Å². The number of nitrogens with one attached hydrogen (secondary N) is 12. The number of guanidine groups is 1. The molecule has 654 valence electrons. The lowest BCUT2D eigenvalue weighted by Crippen LogP contribution is -2.61. The Morgan fingerprint density at radius 1 is 0.513 bits per heavy atom. The van der Waals surface area contributed by atoms with Crippen molar-refractivity contribution in [2.45, 2.75) is 230 Å². The first-order valence-electron chi connectivity index (χ1n) is 37.6. The molecular weight excluding hydrogens is 1570 g/mol. The van der Waals surface area contributed by atoms with E-state index in [-0.39, 0.29) is 112 Å². The first-order valence-corrected chi connectivity index (χ1v) is 39.1. The molecule has 1 aliphatic rings. The lowest BCUT2D eigenvalue weighted by atomic mass is 9.88. The minimum absolute atomic E-state index is 0.0230. The van der Waals surface area contributed by atoms with Crippen LogP contribution < -0.4 is 75.3 Å². The Bertz CT molecular complexity index is 3840. The number of hydrogen-bond donors (Lipinski definition) is 21. The van der Waals surface area contributed by atoms with Gasteiger partial charge in [0.05, 0.1) is 50.7 Å². The van der Waals surface area contributed by atoms with E-state index in [2.05, 4.69) is 73.6 Å². The van der Waals surface area contributed by atoms with Crippen LogP contribution in [0.15, 0.2) is 29.3 Å². The fourth-order valence-electron chi connectivity index (χ4n) is 11.4. The number of aliphatic carboxylic acids is 3. The van der Waals surface area contributed by atoms with Crippen molar-refractivity contribution in [2.24, 2.45) is 40.1 Å². The Morgan fingerprint density at radius 3 is 1.52 bits per heavy atom. The number of carbonyl (C=O) groups is 19. The van der Waals surface area contributed by atoms with Crippen LogP contribution >= 0.6 is 0 Å². The van der Waals surface area contributed by atoms with Crippen molar-refractivity contribution in [1.82, 2.24) is 68.9 Å². The number of hydroxylamine groups is 2. The molecule has 0 aliphatic carbocycles. The number of phenols is 1. The average molecular weight is 1680 g/mol. The second-order valence-electron chi connectivity index (χ2n) is 28.7. The predicted octanol–water partition coefficient (Wildman–Crippen LogP) is -5.95. The molecule has 46 heteroatoms. The number of aliphatic imine (C=N–C) groups is 1. The number of benzene rings is 1. The van der Waals surface area contributed by atoms with Crippen LogP contribution in [0.25, 0.3) is 0 Å². The molecule has 1 fully saturated rings. The zero-order chi connectivity index (χ0) is 88.7. The minimum atomic E-state index is -4.95. The molecule has 14 amide bonds. The molecular formula is C71H110N16O29S. The van der Waals surface area contributed by atoms with Crippen LogP contribution in [-0.4, -0.2) is 266 Å². The summed E-state index contributed by atoms with van der Waals surface area (Å²) in [5.74, 6) is -24.1. The maximum absolute atomic E-state index is 14.3. The van der Waals surface area contributed by atoms with Gasteiger partial charge in [-0.1, -0.05) is 72.9 Å². The van der Waals surface area contributed by atoms with Gasteiger partial charge in [-0.3, -0.25) is 95.8 Å². The number of carboxylic acid groups (broad SMARTS) is 3. The number of rotatable bonds is 55. The Morgan fingerprint density at radius 2 is 1.00 bits per heavy atom. The summed E-state index contributed by atoms with van der Waals surface area (Å²) < 4.78 is 32.0. The molecule has 0 radical (unpaired) electrons. The second kappa shape index (κ2) is 50.7. The third-order valence-electron chi connectivity index (χ3n) is 17.7. The molecule has 0 spiro atoms. The van der Waals surface area contributed by atoms with E-state index in [1.807, 2.05) is 0 Å². The molecule has 2 rings (SSSR count). The molecule has 13 atom stereocenters.